The van der Waals surface area contributed by atoms with Crippen LogP contribution in [-0.2, 0) is 6.18 Å². The lowest BCUT2D eigenvalue weighted by molar-refractivity contribution is -0.141. The van der Waals surface area contributed by atoms with E-state index in [9.17, 15) is 13.2 Å². The highest BCUT2D eigenvalue weighted by molar-refractivity contribution is 7.99. The van der Waals surface area contributed by atoms with E-state index < -0.39 is 11.9 Å². The third-order valence-electron chi connectivity index (χ3n) is 2.41. The summed E-state index contributed by atoms with van der Waals surface area (Å²) in [6.45, 7) is 4.09. The molecule has 0 aliphatic heterocycles. The van der Waals surface area contributed by atoms with E-state index in [1.165, 1.54) is 11.8 Å². The smallest absolute Gasteiger partial charge is 0.397 e. The fourth-order valence-corrected chi connectivity index (χ4v) is 2.19. The van der Waals surface area contributed by atoms with Gasteiger partial charge in [0.05, 0.1) is 11.9 Å². The molecule has 0 fully saturated rings. The molecule has 2 nitrogen and oxygen atoms in total. The van der Waals surface area contributed by atoms with Crippen LogP contribution < -0.4 is 5.73 Å². The topological polar surface area (TPSA) is 38.9 Å². The van der Waals surface area contributed by atoms with E-state index in [0.29, 0.717) is 16.5 Å². The van der Waals surface area contributed by atoms with Gasteiger partial charge in [0.1, 0.15) is 5.69 Å². The number of rotatable bonds is 4. The van der Waals surface area contributed by atoms with Crippen LogP contribution in [0.3, 0.4) is 0 Å². The van der Waals surface area contributed by atoms with Crippen LogP contribution in [0.2, 0.25) is 0 Å². The molecule has 2 N–H and O–H groups in total. The van der Waals surface area contributed by atoms with Crippen molar-refractivity contribution in [3.63, 3.8) is 0 Å². The molecule has 96 valence electrons. The van der Waals surface area contributed by atoms with E-state index in [-0.39, 0.29) is 0 Å². The van der Waals surface area contributed by atoms with E-state index in [1.54, 1.807) is 0 Å². The van der Waals surface area contributed by atoms with Crippen molar-refractivity contribution in [2.45, 2.75) is 31.3 Å². The van der Waals surface area contributed by atoms with Crippen LogP contribution in [0.25, 0.3) is 0 Å². The number of nitrogens with two attached hydrogens (primary N) is 1. The Hall–Kier alpha value is -0.910. The molecule has 1 heterocycles. The highest BCUT2D eigenvalue weighted by Gasteiger charge is 2.32. The molecule has 0 amide bonds. The van der Waals surface area contributed by atoms with Gasteiger partial charge in [0, 0.05) is 10.6 Å². The summed E-state index contributed by atoms with van der Waals surface area (Å²) in [4.78, 5) is 3.75. The zero-order valence-corrected chi connectivity index (χ0v) is 10.5. The van der Waals surface area contributed by atoms with Gasteiger partial charge in [-0.25, -0.2) is 4.98 Å². The lowest BCUT2D eigenvalue weighted by atomic mass is 10.2. The highest BCUT2D eigenvalue weighted by Crippen LogP contribution is 2.33. The third-order valence-corrected chi connectivity index (χ3v) is 3.81. The number of hydrogen-bond donors (Lipinski definition) is 1. The number of nitrogen functional groups attached to an aromatic ring is 1. The van der Waals surface area contributed by atoms with Gasteiger partial charge in [-0.2, -0.15) is 13.2 Å². The van der Waals surface area contributed by atoms with Gasteiger partial charge in [0.15, 0.2) is 0 Å². The fraction of sp³-hybridized carbons (Fsp3) is 0.545. The van der Waals surface area contributed by atoms with Gasteiger partial charge in [-0.15, -0.1) is 11.8 Å². The molecule has 1 rings (SSSR count). The molecular weight excluding hydrogens is 249 g/mol. The van der Waals surface area contributed by atoms with Crippen molar-refractivity contribution in [2.24, 2.45) is 5.92 Å². The number of anilines is 1. The standard InChI is InChI=1S/C11H15F3N2S/c1-3-7(2)6-17-9-4-10(11(12,13)14)16-5-8(9)15/h4-5,7H,3,6,15H2,1-2H3. The van der Waals surface area contributed by atoms with E-state index in [0.717, 1.165) is 24.4 Å². The van der Waals surface area contributed by atoms with Gasteiger partial charge in [-0.05, 0) is 12.0 Å². The molecule has 17 heavy (non-hydrogen) atoms. The van der Waals surface area contributed by atoms with Crippen molar-refractivity contribution < 1.29 is 13.2 Å². The Kier molecular flexibility index (Phi) is 4.68. The minimum absolute atomic E-state index is 0.298. The van der Waals surface area contributed by atoms with Gasteiger partial charge in [-0.1, -0.05) is 20.3 Å². The summed E-state index contributed by atoms with van der Waals surface area (Å²) in [6, 6.07) is 1.02. The number of alkyl halides is 3. The molecule has 0 aliphatic carbocycles. The normalized spacial score (nSPS) is 13.7. The first kappa shape index (κ1) is 14.2. The molecule has 0 aliphatic rings. The molecule has 0 spiro atoms. The van der Waals surface area contributed by atoms with E-state index in [2.05, 4.69) is 11.9 Å². The Morgan fingerprint density at radius 2 is 2.12 bits per heavy atom. The predicted octanol–water partition coefficient (Wildman–Crippen LogP) is 3.82. The minimum atomic E-state index is -4.42. The van der Waals surface area contributed by atoms with Crippen molar-refractivity contribution in [1.82, 2.24) is 4.98 Å². The number of halogens is 3. The Bertz CT molecular complexity index is 379. The van der Waals surface area contributed by atoms with Crippen LogP contribution in [0.4, 0.5) is 18.9 Å². The molecule has 6 heteroatoms. The zero-order chi connectivity index (χ0) is 13.1. The molecule has 0 saturated carbocycles. The number of nitrogens with zero attached hydrogens (tertiary/aromatic N) is 1. The lowest BCUT2D eigenvalue weighted by Crippen LogP contribution is -2.09. The average Bonchev–Trinajstić information content (AvgIpc) is 2.26. The summed E-state index contributed by atoms with van der Waals surface area (Å²) in [7, 11) is 0. The van der Waals surface area contributed by atoms with Gasteiger partial charge in [0.2, 0.25) is 0 Å². The van der Waals surface area contributed by atoms with Crippen molar-refractivity contribution in [3.8, 4) is 0 Å². The maximum atomic E-state index is 12.5. The molecule has 0 radical (unpaired) electrons. The van der Waals surface area contributed by atoms with Crippen LogP contribution in [0.1, 0.15) is 26.0 Å². The molecule has 1 atom stereocenters. The first-order valence-corrected chi connectivity index (χ1v) is 6.28. The molecule has 0 saturated heterocycles. The number of pyridine rings is 1. The second kappa shape index (κ2) is 5.62. The Morgan fingerprint density at radius 3 is 2.65 bits per heavy atom. The molecule has 0 bridgehead atoms. The van der Waals surface area contributed by atoms with Crippen LogP contribution in [0, 0.1) is 5.92 Å². The number of aromatic nitrogens is 1. The number of hydrogen-bond acceptors (Lipinski definition) is 3. The van der Waals surface area contributed by atoms with Crippen LogP contribution in [-0.4, -0.2) is 10.7 Å². The monoisotopic (exact) mass is 264 g/mol. The minimum Gasteiger partial charge on any atom is -0.397 e. The zero-order valence-electron chi connectivity index (χ0n) is 9.71. The lowest BCUT2D eigenvalue weighted by Gasteiger charge is -2.12. The quantitative estimate of drug-likeness (QED) is 0.840. The summed E-state index contributed by atoms with van der Waals surface area (Å²) in [5, 5.41) is 0. The molecule has 1 aromatic rings. The van der Waals surface area contributed by atoms with Gasteiger partial charge in [0.25, 0.3) is 0 Å². The highest BCUT2D eigenvalue weighted by atomic mass is 32.2. The molecule has 0 aromatic carbocycles. The SMILES string of the molecule is CCC(C)CSc1cc(C(F)(F)F)ncc1N. The maximum Gasteiger partial charge on any atom is 0.433 e. The summed E-state index contributed by atoms with van der Waals surface area (Å²) in [5.74, 6) is 1.20. The second-order valence-corrected chi connectivity index (χ2v) is 4.99. The van der Waals surface area contributed by atoms with Crippen LogP contribution in [0.5, 0.6) is 0 Å². The Balaban J connectivity index is 2.84. The maximum absolute atomic E-state index is 12.5. The number of thioether (sulfide) groups is 1. The van der Waals surface area contributed by atoms with Crippen molar-refractivity contribution in [1.29, 1.82) is 0 Å². The van der Waals surface area contributed by atoms with Gasteiger partial charge in [-0.3, -0.25) is 0 Å². The first-order valence-electron chi connectivity index (χ1n) is 5.30. The second-order valence-electron chi connectivity index (χ2n) is 3.93. The summed E-state index contributed by atoms with van der Waals surface area (Å²) in [5.41, 5.74) is 5.02. The third kappa shape index (κ3) is 4.11. The van der Waals surface area contributed by atoms with E-state index in [1.807, 2.05) is 6.92 Å². The van der Waals surface area contributed by atoms with E-state index >= 15 is 0 Å². The molecular formula is C11H15F3N2S. The summed E-state index contributed by atoms with van der Waals surface area (Å²) in [6.07, 6.45) is -2.36. The van der Waals surface area contributed by atoms with Gasteiger partial charge >= 0.3 is 6.18 Å². The van der Waals surface area contributed by atoms with Crippen molar-refractivity contribution >= 4 is 17.4 Å². The average molecular weight is 264 g/mol. The Morgan fingerprint density at radius 1 is 1.47 bits per heavy atom. The summed E-state index contributed by atoms with van der Waals surface area (Å²) >= 11 is 1.34. The first-order chi connectivity index (χ1) is 7.84. The van der Waals surface area contributed by atoms with Crippen LogP contribution >= 0.6 is 11.8 Å². The fourth-order valence-electron chi connectivity index (χ4n) is 1.08. The predicted molar refractivity (Wildman–Crippen MR) is 63.8 cm³/mol. The summed E-state index contributed by atoms with van der Waals surface area (Å²) < 4.78 is 37.4. The van der Waals surface area contributed by atoms with Crippen molar-refractivity contribution in [3.05, 3.63) is 18.0 Å². The largest absolute Gasteiger partial charge is 0.433 e. The van der Waals surface area contributed by atoms with E-state index in [4.69, 9.17) is 5.73 Å². The van der Waals surface area contributed by atoms with Gasteiger partial charge < -0.3 is 5.73 Å². The Labute approximate surface area is 103 Å². The molecule has 1 aromatic heterocycles. The molecule has 1 unspecified atom stereocenters. The van der Waals surface area contributed by atoms with Crippen LogP contribution in [0.15, 0.2) is 17.2 Å². The van der Waals surface area contributed by atoms with Crippen molar-refractivity contribution in [2.75, 3.05) is 11.5 Å².